The van der Waals surface area contributed by atoms with Gasteiger partial charge in [-0.15, -0.1) is 0 Å². The van der Waals surface area contributed by atoms with Crippen LogP contribution in [0.5, 0.6) is 11.5 Å². The molecule has 2 N–H and O–H groups in total. The second-order valence-corrected chi connectivity index (χ2v) is 50.3. The molecule has 0 bridgehead atoms. The number of rotatable bonds is 11. The van der Waals surface area contributed by atoms with Crippen molar-refractivity contribution in [1.29, 1.82) is 0 Å². The molecule has 2 aliphatic heterocycles. The SMILES string of the molecule is CI.Cc1cc(N)c(OC(C)C)cc1C1CCN(Cc2ccccc2)CC1.Cc1cc([N+](=O)[O-])c(OC(C)C)cc1C1=CCN(Cc2ccccc2)CC1.[I][V]([I])[I]. The van der Waals surface area contributed by atoms with E-state index in [1.807, 2.05) is 51.7 Å². The van der Waals surface area contributed by atoms with Crippen LogP contribution >= 0.6 is 82.5 Å². The summed E-state index contributed by atoms with van der Waals surface area (Å²) in [5.74, 6) is 1.78. The molecule has 0 unspecified atom stereocenters. The molecule has 13 heteroatoms. The second kappa shape index (κ2) is 27.0. The summed E-state index contributed by atoms with van der Waals surface area (Å²) in [5, 5.41) is 11.4. The van der Waals surface area contributed by atoms with E-state index in [1.54, 1.807) is 6.07 Å². The van der Waals surface area contributed by atoms with E-state index < -0.39 is 0 Å². The molecule has 0 atom stereocenters. The van der Waals surface area contributed by atoms with Crippen LogP contribution in [0.4, 0.5) is 11.4 Å². The van der Waals surface area contributed by atoms with Crippen molar-refractivity contribution in [2.24, 2.45) is 0 Å². The second-order valence-electron chi connectivity index (χ2n) is 14.9. The number of nitrogens with zero attached hydrogens (tertiary/aromatic N) is 3. The Hall–Kier alpha value is -1.16. The zero-order valence-electron chi connectivity index (χ0n) is 34.8. The van der Waals surface area contributed by atoms with Crippen molar-refractivity contribution in [3.63, 3.8) is 0 Å². The number of piperidine rings is 1. The molecule has 0 spiro atoms. The van der Waals surface area contributed by atoms with Crippen LogP contribution in [0.25, 0.3) is 5.57 Å². The molecule has 4 aromatic rings. The van der Waals surface area contributed by atoms with Crippen molar-refractivity contribution in [2.75, 3.05) is 36.8 Å². The maximum atomic E-state index is 11.4. The van der Waals surface area contributed by atoms with Gasteiger partial charge in [-0.05, 0) is 142 Å². The van der Waals surface area contributed by atoms with Gasteiger partial charge in [0, 0.05) is 32.2 Å². The number of aryl methyl sites for hydroxylation is 2. The van der Waals surface area contributed by atoms with E-state index in [2.05, 4.69) is 172 Å². The van der Waals surface area contributed by atoms with E-state index in [0.29, 0.717) is 11.7 Å². The van der Waals surface area contributed by atoms with Gasteiger partial charge < -0.3 is 15.2 Å². The molecule has 1 saturated heterocycles. The molecule has 8 nitrogen and oxygen atoms in total. The van der Waals surface area contributed by atoms with Gasteiger partial charge in [-0.2, -0.15) is 0 Å². The molecule has 2 aliphatic rings. The monoisotopic (exact) mass is 1280 g/mol. The van der Waals surface area contributed by atoms with Gasteiger partial charge in [0.1, 0.15) is 5.75 Å². The summed E-state index contributed by atoms with van der Waals surface area (Å²) in [6.07, 6.45) is 5.58. The summed E-state index contributed by atoms with van der Waals surface area (Å²) in [5.41, 5.74) is 15.5. The number of halogens is 4. The van der Waals surface area contributed by atoms with Crippen LogP contribution in [-0.2, 0) is 18.0 Å². The van der Waals surface area contributed by atoms with Crippen LogP contribution in [0.1, 0.15) is 86.3 Å². The third-order valence-corrected chi connectivity index (χ3v) is 9.79. The van der Waals surface area contributed by atoms with E-state index in [4.69, 9.17) is 15.2 Å². The third-order valence-electron chi connectivity index (χ3n) is 9.79. The first-order valence-electron chi connectivity index (χ1n) is 19.6. The topological polar surface area (TPSA) is 94.1 Å². The molecule has 4 aromatic carbocycles. The standard InChI is InChI=1S/C22H26N2O3.C22H30N2O.CH3I.3HI.V/c1-16(2)27-22-14-20(17(3)13-21(22)24(25)26)19-9-11-23(12-10-19)15-18-7-5-4-6-8-18;1-16(2)25-22-14-20(17(3)13-21(22)23)19-9-11-24(12-10-19)15-18-7-5-4-6-8-18;1-2;;;;/h4-9,13-14,16H,10-12,15H2,1-3H3;4-8,13-14,16,19H,9-12,15,23H2,1-3H3;1H3;3*1H;/q;;;;;;+3/p-3. The average Bonchev–Trinajstić information content (AvgIpc) is 3.18. The van der Waals surface area contributed by atoms with Gasteiger partial charge in [0.25, 0.3) is 0 Å². The fraction of sp³-hybridized carbons (Fsp3) is 0.422. The fourth-order valence-electron chi connectivity index (χ4n) is 7.22. The zero-order chi connectivity index (χ0) is 42.8. The van der Waals surface area contributed by atoms with E-state index in [1.165, 1.54) is 40.7 Å². The van der Waals surface area contributed by atoms with Crippen LogP contribution in [0, 0.1) is 24.0 Å². The normalized spacial score (nSPS) is 14.7. The average molecular weight is 1280 g/mol. The first-order chi connectivity index (χ1) is 27.7. The minimum atomic E-state index is -0.370. The summed E-state index contributed by atoms with van der Waals surface area (Å²) in [4.78, 5) is 17.7. The molecule has 6 rings (SSSR count). The number of nitro benzene ring substituents is 1. The summed E-state index contributed by atoms with van der Waals surface area (Å²) in [6, 6.07) is 28.9. The number of likely N-dealkylation sites (tertiary alicyclic amines) is 1. The van der Waals surface area contributed by atoms with Crippen LogP contribution in [-0.4, -0.2) is 58.0 Å². The number of nitrogen functional groups attached to an aromatic ring is 1. The molecule has 0 aromatic heterocycles. The molecule has 0 saturated carbocycles. The number of ether oxygens (including phenoxy) is 2. The Balaban J connectivity index is 0.000000274. The Bertz CT molecular complexity index is 1870. The minimum absolute atomic E-state index is 0.0343. The number of anilines is 1. The maximum absolute atomic E-state index is 11.4. The van der Waals surface area contributed by atoms with Gasteiger partial charge in [0.2, 0.25) is 0 Å². The summed E-state index contributed by atoms with van der Waals surface area (Å²) < 4.78 is 11.6. The van der Waals surface area contributed by atoms with Crippen LogP contribution in [0.15, 0.2) is 91.0 Å². The van der Waals surface area contributed by atoms with Crippen molar-refractivity contribution in [2.45, 2.75) is 92.0 Å². The summed E-state index contributed by atoms with van der Waals surface area (Å²) >= 11 is 9.54. The quantitative estimate of drug-likeness (QED) is 0.0526. The fourth-order valence-corrected chi connectivity index (χ4v) is 7.22. The van der Waals surface area contributed by atoms with Crippen molar-refractivity contribution in [3.8, 4) is 11.5 Å². The van der Waals surface area contributed by atoms with E-state index in [-0.39, 0.29) is 27.7 Å². The van der Waals surface area contributed by atoms with Crippen molar-refractivity contribution >= 4 is 99.5 Å². The zero-order valence-corrected chi connectivity index (χ0v) is 44.8. The van der Waals surface area contributed by atoms with Crippen LogP contribution in [0.3, 0.4) is 0 Å². The molecule has 2 heterocycles. The van der Waals surface area contributed by atoms with Gasteiger partial charge in [0.15, 0.2) is 5.75 Å². The summed E-state index contributed by atoms with van der Waals surface area (Å²) in [7, 11) is 0. The molecule has 0 aliphatic carbocycles. The Kier molecular flexibility index (Phi) is 23.9. The molecular formula is C45H59I4N4O4V. The predicted octanol–water partition coefficient (Wildman–Crippen LogP) is 13.4. The van der Waals surface area contributed by atoms with E-state index in [0.717, 1.165) is 68.3 Å². The van der Waals surface area contributed by atoms with E-state index >= 15 is 0 Å². The van der Waals surface area contributed by atoms with Crippen LogP contribution in [0.2, 0.25) is 0 Å². The number of nitro groups is 1. The number of hydrogen-bond donors (Lipinski definition) is 1. The Morgan fingerprint density at radius 1 is 0.776 bits per heavy atom. The van der Waals surface area contributed by atoms with Gasteiger partial charge in [-0.3, -0.25) is 19.9 Å². The van der Waals surface area contributed by atoms with Gasteiger partial charge in [-0.1, -0.05) is 89.3 Å². The van der Waals surface area contributed by atoms with Gasteiger partial charge in [-0.25, -0.2) is 0 Å². The predicted molar refractivity (Wildman–Crippen MR) is 275 cm³/mol. The molecule has 316 valence electrons. The number of alkyl halides is 1. The van der Waals surface area contributed by atoms with Gasteiger partial charge >= 0.3 is 70.5 Å². The Morgan fingerprint density at radius 2 is 1.29 bits per heavy atom. The first kappa shape index (κ1) is 51.2. The third kappa shape index (κ3) is 17.7. The Morgan fingerprint density at radius 3 is 1.78 bits per heavy atom. The molecule has 0 amide bonds. The molecule has 1 fully saturated rings. The number of hydrogen-bond acceptors (Lipinski definition) is 7. The van der Waals surface area contributed by atoms with Crippen LogP contribution < -0.4 is 15.2 Å². The molecule has 0 radical (unpaired) electrons. The van der Waals surface area contributed by atoms with Crippen molar-refractivity contribution in [3.05, 3.63) is 135 Å². The van der Waals surface area contributed by atoms with E-state index in [9.17, 15) is 10.1 Å². The van der Waals surface area contributed by atoms with Gasteiger partial charge in [0.05, 0.1) is 22.8 Å². The summed E-state index contributed by atoms with van der Waals surface area (Å²) in [6.45, 7) is 18.1. The number of benzene rings is 4. The van der Waals surface area contributed by atoms with Crippen molar-refractivity contribution in [1.82, 2.24) is 9.80 Å². The van der Waals surface area contributed by atoms with Crippen molar-refractivity contribution < 1.29 is 19.3 Å². The molecular weight excluding hydrogens is 1220 g/mol. The number of nitrogens with two attached hydrogens (primary N) is 1. The Labute approximate surface area is 398 Å². The molecule has 58 heavy (non-hydrogen) atoms. The first-order valence-corrected chi connectivity index (χ1v) is 35.3.